The van der Waals surface area contributed by atoms with Gasteiger partial charge in [0, 0.05) is 6.07 Å². The molecule has 0 fully saturated rings. The molecule has 5 heteroatoms. The van der Waals surface area contributed by atoms with E-state index in [1.165, 1.54) is 0 Å². The van der Waals surface area contributed by atoms with Crippen molar-refractivity contribution in [2.75, 3.05) is 5.32 Å². The zero-order chi connectivity index (χ0) is 11.5. The fraction of sp³-hybridized carbons (Fsp3) is 0.600. The van der Waals surface area contributed by atoms with Gasteiger partial charge in [-0.3, -0.25) is 4.79 Å². The Balaban J connectivity index is 2.63. The van der Waals surface area contributed by atoms with Gasteiger partial charge in [0.05, 0.1) is 5.54 Å². The van der Waals surface area contributed by atoms with Crippen LogP contribution in [-0.4, -0.2) is 16.6 Å². The monoisotopic (exact) mass is 211 g/mol. The summed E-state index contributed by atoms with van der Waals surface area (Å²) in [5.41, 5.74) is 5.00. The third-order valence-electron chi connectivity index (χ3n) is 2.16. The molecule has 1 unspecified atom stereocenters. The van der Waals surface area contributed by atoms with Crippen molar-refractivity contribution in [1.82, 2.24) is 5.16 Å². The molecule has 5 nitrogen and oxygen atoms in total. The minimum absolute atomic E-state index is 0.238. The molecule has 1 atom stereocenters. The van der Waals surface area contributed by atoms with Gasteiger partial charge in [-0.15, -0.1) is 0 Å². The van der Waals surface area contributed by atoms with Gasteiger partial charge in [-0.1, -0.05) is 18.5 Å². The molecule has 1 heterocycles. The van der Waals surface area contributed by atoms with E-state index < -0.39 is 5.54 Å². The van der Waals surface area contributed by atoms with Gasteiger partial charge in [0.15, 0.2) is 5.82 Å². The van der Waals surface area contributed by atoms with E-state index in [4.69, 9.17) is 10.3 Å². The summed E-state index contributed by atoms with van der Waals surface area (Å²) in [6, 6.07) is 1.65. The van der Waals surface area contributed by atoms with E-state index in [1.807, 2.05) is 6.92 Å². The minimum Gasteiger partial charge on any atom is -0.360 e. The first kappa shape index (κ1) is 11.7. The van der Waals surface area contributed by atoms with Crippen LogP contribution in [0.15, 0.2) is 10.6 Å². The third-order valence-corrected chi connectivity index (χ3v) is 2.16. The van der Waals surface area contributed by atoms with E-state index in [0.717, 1.165) is 6.42 Å². The summed E-state index contributed by atoms with van der Waals surface area (Å²) >= 11 is 0. The Morgan fingerprint density at radius 1 is 1.73 bits per heavy atom. The van der Waals surface area contributed by atoms with Gasteiger partial charge in [-0.25, -0.2) is 0 Å². The standard InChI is InChI=1S/C10H17N3O2/c1-4-5-10(3,11)9(14)12-8-6-7(2)15-13-8/h6H,4-5,11H2,1-3H3,(H,12,13,14). The van der Waals surface area contributed by atoms with E-state index >= 15 is 0 Å². The second kappa shape index (κ2) is 4.44. The maximum absolute atomic E-state index is 11.7. The average Bonchev–Trinajstić information content (AvgIpc) is 2.51. The summed E-state index contributed by atoms with van der Waals surface area (Å²) in [6.45, 7) is 5.45. The number of rotatable bonds is 4. The number of aryl methyl sites for hydroxylation is 1. The van der Waals surface area contributed by atoms with Crippen LogP contribution in [-0.2, 0) is 4.79 Å². The number of hydrogen-bond donors (Lipinski definition) is 2. The highest BCUT2D eigenvalue weighted by molar-refractivity contribution is 5.96. The topological polar surface area (TPSA) is 81.2 Å². The van der Waals surface area contributed by atoms with Crippen molar-refractivity contribution in [3.05, 3.63) is 11.8 Å². The van der Waals surface area contributed by atoms with Crippen LogP contribution < -0.4 is 11.1 Å². The SMILES string of the molecule is CCCC(C)(N)C(=O)Nc1cc(C)on1. The Labute approximate surface area is 89.0 Å². The van der Waals surface area contributed by atoms with Crippen molar-refractivity contribution in [3.8, 4) is 0 Å². The molecule has 0 aromatic carbocycles. The number of nitrogens with zero attached hydrogens (tertiary/aromatic N) is 1. The lowest BCUT2D eigenvalue weighted by Crippen LogP contribution is -2.48. The number of carbonyl (C=O) groups is 1. The van der Waals surface area contributed by atoms with Crippen LogP contribution in [0.1, 0.15) is 32.4 Å². The van der Waals surface area contributed by atoms with Crippen molar-refractivity contribution in [2.45, 2.75) is 39.2 Å². The molecule has 1 aromatic heterocycles. The van der Waals surface area contributed by atoms with E-state index in [9.17, 15) is 4.79 Å². The maximum atomic E-state index is 11.7. The number of hydrogen-bond acceptors (Lipinski definition) is 4. The molecule has 1 aromatic rings. The molecule has 0 spiro atoms. The Morgan fingerprint density at radius 2 is 2.40 bits per heavy atom. The van der Waals surface area contributed by atoms with Crippen molar-refractivity contribution in [3.63, 3.8) is 0 Å². The molecule has 0 saturated heterocycles. The predicted molar refractivity (Wildman–Crippen MR) is 57.4 cm³/mol. The van der Waals surface area contributed by atoms with Crippen LogP contribution in [0.25, 0.3) is 0 Å². The molecule has 0 radical (unpaired) electrons. The van der Waals surface area contributed by atoms with E-state index in [-0.39, 0.29) is 5.91 Å². The number of anilines is 1. The zero-order valence-electron chi connectivity index (χ0n) is 9.33. The molecule has 0 aliphatic rings. The largest absolute Gasteiger partial charge is 0.360 e. The molecule has 1 amide bonds. The minimum atomic E-state index is -0.860. The Hall–Kier alpha value is -1.36. The van der Waals surface area contributed by atoms with E-state index in [2.05, 4.69) is 10.5 Å². The van der Waals surface area contributed by atoms with Gasteiger partial charge in [0.25, 0.3) is 0 Å². The second-order valence-electron chi connectivity index (χ2n) is 3.94. The summed E-state index contributed by atoms with van der Waals surface area (Å²) in [5.74, 6) is 0.822. The number of nitrogens with one attached hydrogen (secondary N) is 1. The highest BCUT2D eigenvalue weighted by Gasteiger charge is 2.27. The fourth-order valence-electron chi connectivity index (χ4n) is 1.32. The molecule has 3 N–H and O–H groups in total. The predicted octanol–water partition coefficient (Wildman–Crippen LogP) is 1.44. The molecule has 15 heavy (non-hydrogen) atoms. The third kappa shape index (κ3) is 3.06. The Kier molecular flexibility index (Phi) is 3.47. The van der Waals surface area contributed by atoms with Gasteiger partial charge in [0.2, 0.25) is 5.91 Å². The summed E-state index contributed by atoms with van der Waals surface area (Å²) in [7, 11) is 0. The average molecular weight is 211 g/mol. The van der Waals surface area contributed by atoms with Crippen molar-refractivity contribution < 1.29 is 9.32 Å². The molecule has 0 bridgehead atoms. The molecule has 1 rings (SSSR count). The van der Waals surface area contributed by atoms with Crippen molar-refractivity contribution in [1.29, 1.82) is 0 Å². The summed E-state index contributed by atoms with van der Waals surface area (Å²) < 4.78 is 4.83. The molecular weight excluding hydrogens is 194 g/mol. The van der Waals surface area contributed by atoms with E-state index in [0.29, 0.717) is 18.0 Å². The summed E-state index contributed by atoms with van der Waals surface area (Å²) in [5, 5.41) is 6.29. The summed E-state index contributed by atoms with van der Waals surface area (Å²) in [6.07, 6.45) is 1.49. The van der Waals surface area contributed by atoms with Crippen LogP contribution >= 0.6 is 0 Å². The smallest absolute Gasteiger partial charge is 0.245 e. The Bertz CT molecular complexity index is 344. The number of carbonyl (C=O) groups excluding carboxylic acids is 1. The first-order valence-electron chi connectivity index (χ1n) is 4.99. The zero-order valence-corrected chi connectivity index (χ0v) is 9.33. The second-order valence-corrected chi connectivity index (χ2v) is 3.94. The van der Waals surface area contributed by atoms with Gasteiger partial charge < -0.3 is 15.6 Å². The lowest BCUT2D eigenvalue weighted by Gasteiger charge is -2.21. The lowest BCUT2D eigenvalue weighted by molar-refractivity contribution is -0.120. The fourth-order valence-corrected chi connectivity index (χ4v) is 1.32. The molecule has 0 saturated carbocycles. The van der Waals surface area contributed by atoms with Crippen LogP contribution in [0.2, 0.25) is 0 Å². The first-order chi connectivity index (χ1) is 6.95. The van der Waals surface area contributed by atoms with Gasteiger partial charge >= 0.3 is 0 Å². The van der Waals surface area contributed by atoms with Crippen molar-refractivity contribution in [2.24, 2.45) is 5.73 Å². The van der Waals surface area contributed by atoms with Crippen LogP contribution in [0, 0.1) is 6.92 Å². The number of amides is 1. The lowest BCUT2D eigenvalue weighted by atomic mass is 9.97. The van der Waals surface area contributed by atoms with Crippen LogP contribution in [0.5, 0.6) is 0 Å². The van der Waals surface area contributed by atoms with Crippen LogP contribution in [0.3, 0.4) is 0 Å². The summed E-state index contributed by atoms with van der Waals surface area (Å²) in [4.78, 5) is 11.7. The van der Waals surface area contributed by atoms with Gasteiger partial charge in [0.1, 0.15) is 5.76 Å². The highest BCUT2D eigenvalue weighted by Crippen LogP contribution is 2.13. The van der Waals surface area contributed by atoms with Crippen LogP contribution in [0.4, 0.5) is 5.82 Å². The highest BCUT2D eigenvalue weighted by atomic mass is 16.5. The van der Waals surface area contributed by atoms with E-state index in [1.54, 1.807) is 19.9 Å². The Morgan fingerprint density at radius 3 is 2.87 bits per heavy atom. The van der Waals surface area contributed by atoms with Gasteiger partial charge in [-0.2, -0.15) is 0 Å². The molecule has 0 aliphatic heterocycles. The maximum Gasteiger partial charge on any atom is 0.245 e. The molecule has 84 valence electrons. The molecule has 0 aliphatic carbocycles. The van der Waals surface area contributed by atoms with Crippen molar-refractivity contribution >= 4 is 11.7 Å². The van der Waals surface area contributed by atoms with Gasteiger partial charge in [-0.05, 0) is 20.3 Å². The number of nitrogens with two attached hydrogens (primary N) is 1. The normalized spacial score (nSPS) is 14.7. The number of aromatic nitrogens is 1. The quantitative estimate of drug-likeness (QED) is 0.789. The molecular formula is C10H17N3O2. The first-order valence-corrected chi connectivity index (χ1v) is 4.99.